The molecule has 1 amide bonds. The molecule has 0 saturated carbocycles. The third-order valence-electron chi connectivity index (χ3n) is 1.63. The second-order valence-electron chi connectivity index (χ2n) is 3.47. The summed E-state index contributed by atoms with van der Waals surface area (Å²) in [5, 5.41) is 2.69. The lowest BCUT2D eigenvalue weighted by molar-refractivity contribution is 0.0944. The van der Waals surface area contributed by atoms with Gasteiger partial charge in [-0.3, -0.25) is 4.79 Å². The molecule has 1 N–H and O–H groups in total. The second kappa shape index (κ2) is 4.69. The van der Waals surface area contributed by atoms with Crippen molar-refractivity contribution in [2.75, 3.05) is 6.54 Å². The number of aromatic nitrogens is 1. The van der Waals surface area contributed by atoms with Crippen LogP contribution in [0.5, 0.6) is 0 Å². The van der Waals surface area contributed by atoms with Crippen LogP contribution in [0.4, 0.5) is 4.39 Å². The van der Waals surface area contributed by atoms with E-state index in [9.17, 15) is 9.18 Å². The highest BCUT2D eigenvalue weighted by Crippen LogP contribution is 1.98. The molecule has 0 aliphatic rings. The summed E-state index contributed by atoms with van der Waals surface area (Å²) in [4.78, 5) is 15.0. The van der Waals surface area contributed by atoms with Crippen LogP contribution in [-0.2, 0) is 0 Å². The van der Waals surface area contributed by atoms with Crippen molar-refractivity contribution in [2.24, 2.45) is 5.92 Å². The highest BCUT2D eigenvalue weighted by Gasteiger charge is 2.06. The maximum absolute atomic E-state index is 12.5. The second-order valence-corrected chi connectivity index (χ2v) is 3.47. The topological polar surface area (TPSA) is 42.0 Å². The summed E-state index contributed by atoms with van der Waals surface area (Å²) in [5.41, 5.74) is 0.243. The van der Waals surface area contributed by atoms with Gasteiger partial charge in [0.2, 0.25) is 0 Å². The number of hydrogen-bond acceptors (Lipinski definition) is 2. The summed E-state index contributed by atoms with van der Waals surface area (Å²) in [6.07, 6.45) is 1.03. The molecule has 0 bridgehead atoms. The van der Waals surface area contributed by atoms with Crippen LogP contribution in [0.2, 0.25) is 0 Å². The van der Waals surface area contributed by atoms with Gasteiger partial charge in [-0.15, -0.1) is 0 Å². The van der Waals surface area contributed by atoms with E-state index in [2.05, 4.69) is 10.3 Å². The minimum atomic E-state index is -0.439. The lowest BCUT2D eigenvalue weighted by atomic mass is 10.2. The maximum atomic E-state index is 12.5. The summed E-state index contributed by atoms with van der Waals surface area (Å²) in [7, 11) is 0. The Morgan fingerprint density at radius 1 is 1.57 bits per heavy atom. The standard InChI is InChI=1S/C10H13FN2O/c1-7(2)5-13-10(14)9-4-3-8(11)6-12-9/h3-4,6-7H,5H2,1-2H3,(H,13,14). The SMILES string of the molecule is CC(C)CNC(=O)c1ccc(F)cn1. The average molecular weight is 196 g/mol. The van der Waals surface area contributed by atoms with Crippen molar-refractivity contribution in [2.45, 2.75) is 13.8 Å². The highest BCUT2D eigenvalue weighted by atomic mass is 19.1. The van der Waals surface area contributed by atoms with Crippen LogP contribution >= 0.6 is 0 Å². The smallest absolute Gasteiger partial charge is 0.269 e. The molecular weight excluding hydrogens is 183 g/mol. The van der Waals surface area contributed by atoms with Gasteiger partial charge in [0.25, 0.3) is 5.91 Å². The Bertz CT molecular complexity index is 308. The van der Waals surface area contributed by atoms with Gasteiger partial charge in [-0.05, 0) is 18.1 Å². The molecule has 1 aromatic rings. The number of carbonyl (C=O) groups excluding carboxylic acids is 1. The lowest BCUT2D eigenvalue weighted by Crippen LogP contribution is -2.27. The fourth-order valence-electron chi connectivity index (χ4n) is 0.898. The van der Waals surface area contributed by atoms with Gasteiger partial charge in [0.1, 0.15) is 11.5 Å². The molecule has 0 saturated heterocycles. The lowest BCUT2D eigenvalue weighted by Gasteiger charge is -2.06. The average Bonchev–Trinajstić information content (AvgIpc) is 2.15. The molecule has 3 nitrogen and oxygen atoms in total. The van der Waals surface area contributed by atoms with Crippen LogP contribution in [-0.4, -0.2) is 17.4 Å². The van der Waals surface area contributed by atoms with Gasteiger partial charge in [-0.25, -0.2) is 9.37 Å². The van der Waals surface area contributed by atoms with E-state index in [0.29, 0.717) is 12.5 Å². The molecule has 0 radical (unpaired) electrons. The van der Waals surface area contributed by atoms with Crippen molar-refractivity contribution in [3.8, 4) is 0 Å². The molecule has 0 aromatic carbocycles. The van der Waals surface area contributed by atoms with E-state index < -0.39 is 5.82 Å². The monoisotopic (exact) mass is 196 g/mol. The summed E-state index contributed by atoms with van der Waals surface area (Å²) in [6, 6.07) is 2.59. The number of amides is 1. The molecule has 0 atom stereocenters. The zero-order valence-corrected chi connectivity index (χ0v) is 8.25. The Kier molecular flexibility index (Phi) is 3.56. The number of halogens is 1. The molecule has 0 unspecified atom stereocenters. The molecule has 4 heteroatoms. The minimum Gasteiger partial charge on any atom is -0.350 e. The quantitative estimate of drug-likeness (QED) is 0.798. The van der Waals surface area contributed by atoms with Crippen molar-refractivity contribution in [1.29, 1.82) is 0 Å². The van der Waals surface area contributed by atoms with Crippen molar-refractivity contribution in [3.05, 3.63) is 29.8 Å². The molecular formula is C10H13FN2O. The first-order chi connectivity index (χ1) is 6.59. The number of nitrogens with one attached hydrogen (secondary N) is 1. The molecule has 14 heavy (non-hydrogen) atoms. The predicted molar refractivity (Wildman–Crippen MR) is 51.4 cm³/mol. The Balaban J connectivity index is 2.57. The first-order valence-corrected chi connectivity index (χ1v) is 4.49. The number of hydrogen-bond donors (Lipinski definition) is 1. The van der Waals surface area contributed by atoms with E-state index in [1.165, 1.54) is 12.1 Å². The van der Waals surface area contributed by atoms with Crippen LogP contribution in [0.15, 0.2) is 18.3 Å². The van der Waals surface area contributed by atoms with Crippen molar-refractivity contribution in [3.63, 3.8) is 0 Å². The van der Waals surface area contributed by atoms with E-state index in [4.69, 9.17) is 0 Å². The van der Waals surface area contributed by atoms with E-state index >= 15 is 0 Å². The van der Waals surface area contributed by atoms with Gasteiger partial charge in [-0.1, -0.05) is 13.8 Å². The Morgan fingerprint density at radius 2 is 2.29 bits per heavy atom. The van der Waals surface area contributed by atoms with Gasteiger partial charge in [0.05, 0.1) is 6.20 Å². The molecule has 0 spiro atoms. The largest absolute Gasteiger partial charge is 0.350 e. The van der Waals surface area contributed by atoms with Crippen molar-refractivity contribution >= 4 is 5.91 Å². The number of rotatable bonds is 3. The van der Waals surface area contributed by atoms with E-state index in [-0.39, 0.29) is 11.6 Å². The van der Waals surface area contributed by atoms with Crippen LogP contribution in [0.1, 0.15) is 24.3 Å². The van der Waals surface area contributed by atoms with Gasteiger partial charge in [0, 0.05) is 6.54 Å². The minimum absolute atomic E-state index is 0.243. The molecule has 0 aliphatic carbocycles. The van der Waals surface area contributed by atoms with Gasteiger partial charge in [-0.2, -0.15) is 0 Å². The summed E-state index contributed by atoms with van der Waals surface area (Å²) in [5.74, 6) is -0.316. The van der Waals surface area contributed by atoms with E-state index in [1.807, 2.05) is 13.8 Å². The third kappa shape index (κ3) is 3.12. The van der Waals surface area contributed by atoms with Gasteiger partial charge in [0.15, 0.2) is 0 Å². The number of pyridine rings is 1. The third-order valence-corrected chi connectivity index (χ3v) is 1.63. The molecule has 0 aliphatic heterocycles. The van der Waals surface area contributed by atoms with Crippen molar-refractivity contribution in [1.82, 2.24) is 10.3 Å². The van der Waals surface area contributed by atoms with Crippen LogP contribution in [0.3, 0.4) is 0 Å². The highest BCUT2D eigenvalue weighted by molar-refractivity contribution is 5.92. The van der Waals surface area contributed by atoms with E-state index in [1.54, 1.807) is 0 Å². The molecule has 76 valence electrons. The first kappa shape index (κ1) is 10.6. The van der Waals surface area contributed by atoms with Gasteiger partial charge < -0.3 is 5.32 Å². The predicted octanol–water partition coefficient (Wildman–Crippen LogP) is 1.61. The van der Waals surface area contributed by atoms with E-state index in [0.717, 1.165) is 6.20 Å². The fourth-order valence-corrected chi connectivity index (χ4v) is 0.898. The number of carbonyl (C=O) groups is 1. The molecule has 1 aromatic heterocycles. The zero-order valence-electron chi connectivity index (χ0n) is 8.25. The summed E-state index contributed by atoms with van der Waals surface area (Å²) < 4.78 is 12.5. The Morgan fingerprint density at radius 3 is 2.79 bits per heavy atom. The maximum Gasteiger partial charge on any atom is 0.269 e. The summed E-state index contributed by atoms with van der Waals surface area (Å²) in [6.45, 7) is 4.59. The summed E-state index contributed by atoms with van der Waals surface area (Å²) >= 11 is 0. The zero-order chi connectivity index (χ0) is 10.6. The van der Waals surface area contributed by atoms with Gasteiger partial charge >= 0.3 is 0 Å². The molecule has 0 fully saturated rings. The van der Waals surface area contributed by atoms with Crippen molar-refractivity contribution < 1.29 is 9.18 Å². The fraction of sp³-hybridized carbons (Fsp3) is 0.400. The molecule has 1 rings (SSSR count). The Hall–Kier alpha value is -1.45. The van der Waals surface area contributed by atoms with Crippen LogP contribution in [0, 0.1) is 11.7 Å². The Labute approximate surface area is 82.4 Å². The first-order valence-electron chi connectivity index (χ1n) is 4.49. The van der Waals surface area contributed by atoms with Crippen LogP contribution < -0.4 is 5.32 Å². The molecule has 1 heterocycles. The van der Waals surface area contributed by atoms with Crippen LogP contribution in [0.25, 0.3) is 0 Å². The normalized spacial score (nSPS) is 10.3. The number of nitrogens with zero attached hydrogens (tertiary/aromatic N) is 1.